The summed E-state index contributed by atoms with van der Waals surface area (Å²) < 4.78 is 5.30. The molecule has 126 valence electrons. The summed E-state index contributed by atoms with van der Waals surface area (Å²) in [5.74, 6) is 2.36. The third kappa shape index (κ3) is 3.02. The van der Waals surface area contributed by atoms with Crippen molar-refractivity contribution in [3.05, 3.63) is 35.9 Å². The van der Waals surface area contributed by atoms with E-state index in [1.54, 1.807) is 6.20 Å². The fourth-order valence-electron chi connectivity index (χ4n) is 3.13. The minimum absolute atomic E-state index is 0.156. The van der Waals surface area contributed by atoms with Crippen LogP contribution in [0.25, 0.3) is 11.2 Å². The van der Waals surface area contributed by atoms with Crippen LogP contribution < -0.4 is 0 Å². The van der Waals surface area contributed by atoms with Crippen LogP contribution in [0.5, 0.6) is 0 Å². The summed E-state index contributed by atoms with van der Waals surface area (Å²) in [7, 11) is 0. The second kappa shape index (κ2) is 6.29. The fourth-order valence-corrected chi connectivity index (χ4v) is 3.13. The van der Waals surface area contributed by atoms with Crippen LogP contribution in [0.3, 0.4) is 0 Å². The Hall–Kier alpha value is -2.32. The molecule has 8 heteroatoms. The van der Waals surface area contributed by atoms with Crippen LogP contribution in [0, 0.1) is 6.92 Å². The van der Waals surface area contributed by atoms with Gasteiger partial charge in [0.25, 0.3) is 0 Å². The Labute approximate surface area is 139 Å². The van der Waals surface area contributed by atoms with Gasteiger partial charge < -0.3 is 9.51 Å². The Morgan fingerprint density at radius 1 is 1.25 bits per heavy atom. The van der Waals surface area contributed by atoms with Crippen molar-refractivity contribution in [3.63, 3.8) is 0 Å². The molecule has 0 bridgehead atoms. The number of aromatic nitrogens is 5. The lowest BCUT2D eigenvalue weighted by molar-refractivity contribution is 0.0833. The number of aromatic amines is 1. The fraction of sp³-hybridized carbons (Fsp3) is 0.500. The first-order valence-corrected chi connectivity index (χ1v) is 8.25. The van der Waals surface area contributed by atoms with E-state index in [4.69, 9.17) is 4.52 Å². The Morgan fingerprint density at radius 2 is 2.08 bits per heavy atom. The summed E-state index contributed by atoms with van der Waals surface area (Å²) in [6.45, 7) is 8.71. The number of rotatable bonds is 4. The largest absolute Gasteiger partial charge is 0.340 e. The highest BCUT2D eigenvalue weighted by Crippen LogP contribution is 2.20. The first-order valence-electron chi connectivity index (χ1n) is 8.25. The third-order valence-corrected chi connectivity index (χ3v) is 4.54. The van der Waals surface area contributed by atoms with Gasteiger partial charge in [0.15, 0.2) is 11.5 Å². The SMILES string of the molecule is Cc1noc([C@H](C)N2CCN(Cc3nc4ncccc4[nH]3)CC2)n1. The molecule has 0 aliphatic carbocycles. The number of hydrogen-bond acceptors (Lipinski definition) is 7. The number of H-pyrrole nitrogens is 1. The first kappa shape index (κ1) is 15.2. The van der Waals surface area contributed by atoms with Crippen molar-refractivity contribution in [2.45, 2.75) is 26.4 Å². The van der Waals surface area contributed by atoms with Crippen LogP contribution in [0.4, 0.5) is 0 Å². The summed E-state index contributed by atoms with van der Waals surface area (Å²) in [6.07, 6.45) is 1.77. The lowest BCUT2D eigenvalue weighted by Crippen LogP contribution is -2.46. The monoisotopic (exact) mass is 327 g/mol. The van der Waals surface area contributed by atoms with E-state index in [1.807, 2.05) is 19.1 Å². The molecule has 4 rings (SSSR count). The van der Waals surface area contributed by atoms with Crippen molar-refractivity contribution >= 4 is 11.2 Å². The Balaban J connectivity index is 1.35. The van der Waals surface area contributed by atoms with Crippen LogP contribution in [0.15, 0.2) is 22.9 Å². The predicted molar refractivity (Wildman–Crippen MR) is 88.2 cm³/mol. The molecule has 3 aromatic heterocycles. The van der Waals surface area contributed by atoms with Crippen molar-refractivity contribution in [2.75, 3.05) is 26.2 Å². The number of nitrogens with one attached hydrogen (secondary N) is 1. The van der Waals surface area contributed by atoms with Crippen LogP contribution in [-0.2, 0) is 6.54 Å². The summed E-state index contributed by atoms with van der Waals surface area (Å²) >= 11 is 0. The molecular weight excluding hydrogens is 306 g/mol. The molecule has 0 unspecified atom stereocenters. The highest BCUT2D eigenvalue weighted by Gasteiger charge is 2.25. The zero-order chi connectivity index (χ0) is 16.5. The van der Waals surface area contributed by atoms with E-state index in [2.05, 4.69) is 41.8 Å². The Kier molecular flexibility index (Phi) is 3.99. The summed E-state index contributed by atoms with van der Waals surface area (Å²) in [5.41, 5.74) is 1.78. The number of piperazine rings is 1. The topological polar surface area (TPSA) is 87.0 Å². The van der Waals surface area contributed by atoms with Gasteiger partial charge in [-0.3, -0.25) is 9.80 Å². The average Bonchev–Trinajstić information content (AvgIpc) is 3.20. The third-order valence-electron chi connectivity index (χ3n) is 4.54. The molecule has 1 saturated heterocycles. The number of aryl methyl sites for hydroxylation is 1. The van der Waals surface area contributed by atoms with Gasteiger partial charge in [-0.2, -0.15) is 4.98 Å². The average molecular weight is 327 g/mol. The summed E-state index contributed by atoms with van der Waals surface area (Å²) in [6, 6.07) is 4.08. The molecule has 4 heterocycles. The van der Waals surface area contributed by atoms with E-state index in [0.29, 0.717) is 11.7 Å². The zero-order valence-corrected chi connectivity index (χ0v) is 13.9. The summed E-state index contributed by atoms with van der Waals surface area (Å²) in [4.78, 5) is 21.3. The van der Waals surface area contributed by atoms with Crippen LogP contribution in [0.1, 0.15) is 30.5 Å². The minimum atomic E-state index is 0.156. The maximum atomic E-state index is 5.30. The van der Waals surface area contributed by atoms with Crippen molar-refractivity contribution < 1.29 is 4.52 Å². The Bertz CT molecular complexity index is 786. The van der Waals surface area contributed by atoms with Crippen LogP contribution in [0.2, 0.25) is 0 Å². The van der Waals surface area contributed by atoms with Gasteiger partial charge in [-0.15, -0.1) is 0 Å². The van der Waals surface area contributed by atoms with Crippen LogP contribution >= 0.6 is 0 Å². The van der Waals surface area contributed by atoms with Crippen molar-refractivity contribution in [2.24, 2.45) is 0 Å². The number of imidazole rings is 1. The molecule has 1 N–H and O–H groups in total. The lowest BCUT2D eigenvalue weighted by atomic mass is 10.2. The molecule has 24 heavy (non-hydrogen) atoms. The number of fused-ring (bicyclic) bond motifs is 1. The molecule has 1 fully saturated rings. The van der Waals surface area contributed by atoms with Gasteiger partial charge in [-0.1, -0.05) is 5.16 Å². The smallest absolute Gasteiger partial charge is 0.243 e. The molecule has 0 amide bonds. The molecule has 1 atom stereocenters. The predicted octanol–water partition coefficient (Wildman–Crippen LogP) is 1.53. The number of hydrogen-bond donors (Lipinski definition) is 1. The lowest BCUT2D eigenvalue weighted by Gasteiger charge is -2.36. The second-order valence-electron chi connectivity index (χ2n) is 6.23. The van der Waals surface area contributed by atoms with E-state index in [0.717, 1.165) is 49.7 Å². The molecule has 3 aromatic rings. The molecule has 1 aliphatic heterocycles. The quantitative estimate of drug-likeness (QED) is 0.777. The van der Waals surface area contributed by atoms with Gasteiger partial charge >= 0.3 is 0 Å². The summed E-state index contributed by atoms with van der Waals surface area (Å²) in [5, 5.41) is 3.88. The van der Waals surface area contributed by atoms with Gasteiger partial charge in [0.1, 0.15) is 5.82 Å². The van der Waals surface area contributed by atoms with E-state index in [-0.39, 0.29) is 6.04 Å². The normalized spacial score (nSPS) is 18.2. The maximum Gasteiger partial charge on any atom is 0.243 e. The van der Waals surface area contributed by atoms with Crippen LogP contribution in [-0.4, -0.2) is 61.1 Å². The van der Waals surface area contributed by atoms with Gasteiger partial charge in [-0.05, 0) is 26.0 Å². The maximum absolute atomic E-state index is 5.30. The van der Waals surface area contributed by atoms with Gasteiger partial charge in [0, 0.05) is 32.4 Å². The van der Waals surface area contributed by atoms with Crippen molar-refractivity contribution in [1.82, 2.24) is 34.9 Å². The molecular formula is C16H21N7O. The van der Waals surface area contributed by atoms with Gasteiger partial charge in [0.05, 0.1) is 18.1 Å². The van der Waals surface area contributed by atoms with Crippen molar-refractivity contribution in [1.29, 1.82) is 0 Å². The standard InChI is InChI=1S/C16H21N7O/c1-11(16-18-12(2)21-24-16)23-8-6-22(7-9-23)10-14-19-13-4-3-5-17-15(13)20-14/h3-5,11H,6-10H2,1-2H3,(H,17,19,20)/t11-/m0/s1. The molecule has 1 aliphatic rings. The van der Waals surface area contributed by atoms with E-state index < -0.39 is 0 Å². The van der Waals surface area contributed by atoms with E-state index in [1.165, 1.54) is 0 Å². The van der Waals surface area contributed by atoms with E-state index in [9.17, 15) is 0 Å². The van der Waals surface area contributed by atoms with Crippen molar-refractivity contribution in [3.8, 4) is 0 Å². The molecule has 8 nitrogen and oxygen atoms in total. The van der Waals surface area contributed by atoms with Gasteiger partial charge in [0.2, 0.25) is 5.89 Å². The molecule has 0 saturated carbocycles. The molecule has 0 aromatic carbocycles. The highest BCUT2D eigenvalue weighted by molar-refractivity contribution is 5.69. The zero-order valence-electron chi connectivity index (χ0n) is 13.9. The van der Waals surface area contributed by atoms with Gasteiger partial charge in [-0.25, -0.2) is 9.97 Å². The first-order chi connectivity index (χ1) is 11.7. The molecule has 0 radical (unpaired) electrons. The van der Waals surface area contributed by atoms with E-state index >= 15 is 0 Å². The number of pyridine rings is 1. The molecule has 0 spiro atoms. The Morgan fingerprint density at radius 3 is 2.79 bits per heavy atom. The number of nitrogens with zero attached hydrogens (tertiary/aromatic N) is 6. The highest BCUT2D eigenvalue weighted by atomic mass is 16.5. The minimum Gasteiger partial charge on any atom is -0.340 e. The second-order valence-corrected chi connectivity index (χ2v) is 6.23.